The molecule has 0 saturated carbocycles. The number of aromatic nitrogens is 2. The molecule has 8 heteroatoms. The van der Waals surface area contributed by atoms with E-state index >= 15 is 0 Å². The van der Waals surface area contributed by atoms with Gasteiger partial charge in [0, 0.05) is 17.2 Å². The molecular formula is C20H19Cl2N3O2S. The number of carbonyl (C=O) groups excluding carboxylic acids is 1. The van der Waals surface area contributed by atoms with Gasteiger partial charge in [0.05, 0.1) is 16.3 Å². The average molecular weight is 436 g/mol. The zero-order valence-electron chi connectivity index (χ0n) is 15.5. The minimum Gasteiger partial charge on any atom is -0.355 e. The van der Waals surface area contributed by atoms with E-state index in [1.807, 2.05) is 44.2 Å². The van der Waals surface area contributed by atoms with Gasteiger partial charge in [-0.3, -0.25) is 10.1 Å². The van der Waals surface area contributed by atoms with Gasteiger partial charge < -0.3 is 9.72 Å². The second-order valence-electron chi connectivity index (χ2n) is 6.98. The molecular weight excluding hydrogens is 417 g/mol. The van der Waals surface area contributed by atoms with E-state index in [0.29, 0.717) is 15.9 Å². The van der Waals surface area contributed by atoms with Gasteiger partial charge in [-0.05, 0) is 49.2 Å². The van der Waals surface area contributed by atoms with Gasteiger partial charge in [0.2, 0.25) is 0 Å². The van der Waals surface area contributed by atoms with E-state index in [2.05, 4.69) is 10.3 Å². The van der Waals surface area contributed by atoms with Crippen LogP contribution in [0.4, 0.5) is 0 Å². The molecule has 1 aliphatic heterocycles. The Hall–Kier alpha value is -1.57. The Morgan fingerprint density at radius 2 is 2.07 bits per heavy atom. The lowest BCUT2D eigenvalue weighted by molar-refractivity contribution is -0.132. The van der Waals surface area contributed by atoms with Crippen molar-refractivity contribution in [3.05, 3.63) is 63.4 Å². The lowest BCUT2D eigenvalue weighted by Crippen LogP contribution is -2.52. The SMILES string of the molecule is CO[C@@]1(C=O)N[C@](C)(c2nc3c(C)c(Cl)ccc3[nH]2)SC1c1cccc(Cl)c1. The third-order valence-corrected chi connectivity index (χ3v) is 7.40. The van der Waals surface area contributed by atoms with E-state index in [1.165, 1.54) is 7.11 Å². The molecule has 146 valence electrons. The summed E-state index contributed by atoms with van der Waals surface area (Å²) in [5.41, 5.74) is 2.30. The van der Waals surface area contributed by atoms with E-state index in [1.54, 1.807) is 17.8 Å². The molecule has 1 aromatic heterocycles. The molecule has 0 bridgehead atoms. The van der Waals surface area contributed by atoms with Crippen molar-refractivity contribution >= 4 is 52.3 Å². The summed E-state index contributed by atoms with van der Waals surface area (Å²) in [6.07, 6.45) is 0.807. The van der Waals surface area contributed by atoms with Crippen molar-refractivity contribution < 1.29 is 9.53 Å². The Bertz CT molecular complexity index is 1070. The molecule has 1 saturated heterocycles. The van der Waals surface area contributed by atoms with Gasteiger partial charge in [-0.15, -0.1) is 11.8 Å². The zero-order chi connectivity index (χ0) is 20.1. The summed E-state index contributed by atoms with van der Waals surface area (Å²) in [7, 11) is 1.52. The van der Waals surface area contributed by atoms with Crippen LogP contribution >= 0.6 is 35.0 Å². The highest BCUT2D eigenvalue weighted by molar-refractivity contribution is 8.00. The highest BCUT2D eigenvalue weighted by Crippen LogP contribution is 2.55. The van der Waals surface area contributed by atoms with E-state index in [4.69, 9.17) is 32.9 Å². The van der Waals surface area contributed by atoms with Crippen LogP contribution in [-0.2, 0) is 14.4 Å². The molecule has 0 radical (unpaired) electrons. The number of benzene rings is 2. The average Bonchev–Trinajstić information content (AvgIpc) is 3.26. The number of halogens is 2. The molecule has 0 aliphatic carbocycles. The van der Waals surface area contributed by atoms with Gasteiger partial charge >= 0.3 is 0 Å². The number of hydrogen-bond donors (Lipinski definition) is 2. The summed E-state index contributed by atoms with van der Waals surface area (Å²) in [4.78, 5) is 19.6. The van der Waals surface area contributed by atoms with Crippen molar-refractivity contribution in [2.75, 3.05) is 7.11 Å². The number of carbonyl (C=O) groups is 1. The first-order valence-corrected chi connectivity index (χ1v) is 10.3. The van der Waals surface area contributed by atoms with Gasteiger partial charge in [0.15, 0.2) is 12.0 Å². The van der Waals surface area contributed by atoms with E-state index in [9.17, 15) is 4.79 Å². The van der Waals surface area contributed by atoms with Crippen LogP contribution < -0.4 is 5.32 Å². The van der Waals surface area contributed by atoms with Crippen LogP contribution in [0.5, 0.6) is 0 Å². The summed E-state index contributed by atoms with van der Waals surface area (Å²) < 4.78 is 5.68. The summed E-state index contributed by atoms with van der Waals surface area (Å²) in [5, 5.41) is 4.33. The molecule has 3 atom stereocenters. The standard InChI is InChI=1S/C20H19Cl2N3O2S/c1-11-14(22)7-8-15-16(11)24-18(23-15)19(2)25-20(10-26,27-3)17(28-19)12-5-4-6-13(21)9-12/h4-10,17,25H,1-3H3,(H,23,24)/t17?,19-,20+/m0/s1. The first-order valence-electron chi connectivity index (χ1n) is 8.71. The van der Waals surface area contributed by atoms with Gasteiger partial charge in [-0.25, -0.2) is 4.98 Å². The monoisotopic (exact) mass is 435 g/mol. The maximum absolute atomic E-state index is 12.1. The van der Waals surface area contributed by atoms with Crippen molar-refractivity contribution in [1.82, 2.24) is 15.3 Å². The number of H-pyrrole nitrogens is 1. The fourth-order valence-electron chi connectivity index (χ4n) is 3.60. The van der Waals surface area contributed by atoms with Gasteiger partial charge in [0.25, 0.3) is 0 Å². The number of fused-ring (bicyclic) bond motifs is 1. The normalized spacial score (nSPS) is 27.4. The zero-order valence-corrected chi connectivity index (χ0v) is 17.9. The van der Waals surface area contributed by atoms with Crippen molar-refractivity contribution in [1.29, 1.82) is 0 Å². The number of imidazole rings is 1. The Morgan fingerprint density at radius 3 is 2.75 bits per heavy atom. The second-order valence-corrected chi connectivity index (χ2v) is 9.35. The number of aromatic amines is 1. The summed E-state index contributed by atoms with van der Waals surface area (Å²) in [6.45, 7) is 3.92. The number of ether oxygens (including phenoxy) is 1. The molecule has 2 aromatic carbocycles. The van der Waals surface area contributed by atoms with E-state index < -0.39 is 10.6 Å². The number of methoxy groups -OCH3 is 1. The van der Waals surface area contributed by atoms with Gasteiger partial charge in [-0.2, -0.15) is 0 Å². The Kier molecular flexibility index (Phi) is 4.96. The fraction of sp³-hybridized carbons (Fsp3) is 0.300. The number of rotatable bonds is 4. The molecule has 3 aromatic rings. The highest BCUT2D eigenvalue weighted by Gasteiger charge is 2.56. The fourth-order valence-corrected chi connectivity index (χ4v) is 5.52. The van der Waals surface area contributed by atoms with E-state index in [0.717, 1.165) is 28.4 Å². The minimum atomic E-state index is -1.21. The number of thioether (sulfide) groups is 1. The summed E-state index contributed by atoms with van der Waals surface area (Å²) >= 11 is 14.0. The van der Waals surface area contributed by atoms with Crippen LogP contribution in [0.25, 0.3) is 11.0 Å². The van der Waals surface area contributed by atoms with Crippen molar-refractivity contribution in [3.63, 3.8) is 0 Å². The van der Waals surface area contributed by atoms with Crippen LogP contribution in [0.15, 0.2) is 36.4 Å². The minimum absolute atomic E-state index is 0.309. The van der Waals surface area contributed by atoms with E-state index in [-0.39, 0.29) is 5.25 Å². The molecule has 0 amide bonds. The smallest absolute Gasteiger partial charge is 0.192 e. The molecule has 1 aliphatic rings. The summed E-state index contributed by atoms with van der Waals surface area (Å²) in [5.74, 6) is 0.700. The molecule has 4 rings (SSSR count). The number of hydrogen-bond acceptors (Lipinski definition) is 5. The Labute approximate surface area is 177 Å². The molecule has 5 nitrogen and oxygen atoms in total. The number of nitrogens with zero attached hydrogens (tertiary/aromatic N) is 1. The molecule has 1 fully saturated rings. The quantitative estimate of drug-likeness (QED) is 0.566. The third-order valence-electron chi connectivity index (χ3n) is 5.13. The van der Waals surface area contributed by atoms with Crippen LogP contribution in [0.1, 0.15) is 29.1 Å². The first-order chi connectivity index (χ1) is 13.3. The molecule has 2 heterocycles. The van der Waals surface area contributed by atoms with Crippen LogP contribution in [-0.4, -0.2) is 29.1 Å². The predicted molar refractivity (Wildman–Crippen MR) is 114 cm³/mol. The maximum atomic E-state index is 12.1. The third kappa shape index (κ3) is 3.04. The Balaban J connectivity index is 1.82. The predicted octanol–water partition coefficient (Wildman–Crippen LogP) is 4.97. The van der Waals surface area contributed by atoms with Crippen LogP contribution in [0.3, 0.4) is 0 Å². The number of nitrogens with one attached hydrogen (secondary N) is 2. The first kappa shape index (κ1) is 19.7. The molecule has 28 heavy (non-hydrogen) atoms. The second kappa shape index (κ2) is 7.04. The van der Waals surface area contributed by atoms with Crippen molar-refractivity contribution in [2.45, 2.75) is 29.7 Å². The topological polar surface area (TPSA) is 67.0 Å². The highest BCUT2D eigenvalue weighted by atomic mass is 35.5. The number of aryl methyl sites for hydroxylation is 1. The lowest BCUT2D eigenvalue weighted by atomic mass is 10.0. The summed E-state index contributed by atoms with van der Waals surface area (Å²) in [6, 6.07) is 11.2. The van der Waals surface area contributed by atoms with Gasteiger partial charge in [0.1, 0.15) is 10.7 Å². The van der Waals surface area contributed by atoms with Gasteiger partial charge in [-0.1, -0.05) is 35.3 Å². The Morgan fingerprint density at radius 1 is 1.29 bits per heavy atom. The largest absolute Gasteiger partial charge is 0.355 e. The maximum Gasteiger partial charge on any atom is 0.192 e. The lowest BCUT2D eigenvalue weighted by Gasteiger charge is -2.29. The van der Waals surface area contributed by atoms with Crippen molar-refractivity contribution in [2.24, 2.45) is 0 Å². The molecule has 2 N–H and O–H groups in total. The number of aldehydes is 1. The molecule has 0 spiro atoms. The van der Waals surface area contributed by atoms with Crippen molar-refractivity contribution in [3.8, 4) is 0 Å². The van der Waals surface area contributed by atoms with Crippen LogP contribution in [0.2, 0.25) is 10.0 Å². The van der Waals surface area contributed by atoms with Crippen LogP contribution in [0, 0.1) is 6.92 Å². The molecule has 1 unspecified atom stereocenters.